The quantitative estimate of drug-likeness (QED) is 0.393. The molecule has 2 bridgehead atoms. The van der Waals surface area contributed by atoms with E-state index in [4.69, 9.17) is 33.8 Å². The molecular weight excluding hydrogens is 1520 g/mol. The van der Waals surface area contributed by atoms with E-state index in [0.29, 0.717) is 5.92 Å². The van der Waals surface area contributed by atoms with Crippen LogP contribution < -0.4 is 11.5 Å². The number of nitrogens with two attached hydrogens (primary N) is 2. The molecule has 2 atom stereocenters. The van der Waals surface area contributed by atoms with E-state index in [1.807, 2.05) is 237 Å². The summed E-state index contributed by atoms with van der Waals surface area (Å²) in [7, 11) is 71.1. The Bertz CT molecular complexity index is 3320. The van der Waals surface area contributed by atoms with Crippen LogP contribution in [0.3, 0.4) is 0 Å². The standard InChI is InChI=1S/C12H16N2.S42/c1-6-4-9(13)12(14)11-8-3-2-7(5-8)10(6)11;1-3-5-7-9-11-13-15-17-19-21-23-25-27-29-31-33-35-37-39-41-42-40-38-36-34-32-30-28-26-24-22-20-18-16-14-12-10-8-6-4-2/h4,7-8H,2-3,5,13-14H2,1H3;. The number of fused-ring (bicyclic) bond motifs is 5. The lowest BCUT2D eigenvalue weighted by molar-refractivity contribution is 0.715. The second kappa shape index (κ2) is 45.5. The van der Waals surface area contributed by atoms with Crippen molar-refractivity contribution in [3.63, 3.8) is 0 Å². The second-order valence-corrected chi connectivity index (χ2v) is 78.2. The third kappa shape index (κ3) is 32.7. The molecule has 2 aliphatic rings. The molecule has 0 spiro atoms. The first kappa shape index (κ1) is 60.2. The molecule has 0 saturated heterocycles. The summed E-state index contributed by atoms with van der Waals surface area (Å²) in [4.78, 5) is 0. The van der Waals surface area contributed by atoms with E-state index >= 15 is 0 Å². The van der Waals surface area contributed by atoms with Crippen molar-refractivity contribution in [2.24, 2.45) is 0 Å². The Hall–Kier alpha value is 8.06. The van der Waals surface area contributed by atoms with E-state index in [1.54, 1.807) is 107 Å². The summed E-state index contributed by atoms with van der Waals surface area (Å²) in [5.41, 5.74) is 17.9. The van der Waals surface area contributed by atoms with E-state index in [0.717, 1.165) is 17.3 Å². The largest absolute Gasteiger partial charge is 0.397 e. The van der Waals surface area contributed by atoms with Crippen LogP contribution in [-0.2, 0) is 378 Å². The van der Waals surface area contributed by atoms with Crippen LogP contribution in [0.25, 0.3) is 0 Å². The molecule has 1 aromatic rings. The normalized spacial score (nSPS) is 12.8. The number of hydrogen-bond donors (Lipinski definition) is 2. The van der Waals surface area contributed by atoms with Gasteiger partial charge in [-0.15, -0.1) is 0 Å². The maximum absolute atomic E-state index is 6.06. The molecule has 4 N–H and O–H groups in total. The molecule has 2 aliphatic carbocycles. The van der Waals surface area contributed by atoms with Crippen LogP contribution in [0.4, 0.5) is 11.4 Å². The average Bonchev–Trinajstić information content (AvgIpc) is 3.83. The topological polar surface area (TPSA) is 52.0 Å². The van der Waals surface area contributed by atoms with Crippen LogP contribution in [0.5, 0.6) is 0 Å². The molecule has 56 heavy (non-hydrogen) atoms. The van der Waals surface area contributed by atoms with Gasteiger partial charge in [-0.3, -0.25) is 0 Å². The Morgan fingerprint density at radius 1 is 0.375 bits per heavy atom. The Morgan fingerprint density at radius 2 is 0.589 bits per heavy atom. The minimum absolute atomic E-state index is 0.706. The number of anilines is 2. The van der Waals surface area contributed by atoms with Crippen molar-refractivity contribution in [2.75, 3.05) is 11.5 Å². The van der Waals surface area contributed by atoms with E-state index in [9.17, 15) is 0 Å². The maximum atomic E-state index is 6.06. The van der Waals surface area contributed by atoms with Gasteiger partial charge >= 0.3 is 0 Å². The van der Waals surface area contributed by atoms with E-state index in [2.05, 4.69) is 6.92 Å². The fourth-order valence-electron chi connectivity index (χ4n) is 3.82. The zero-order chi connectivity index (χ0) is 40.2. The van der Waals surface area contributed by atoms with Gasteiger partial charge in [0.25, 0.3) is 0 Å². The molecule has 0 radical (unpaired) electrons. The van der Waals surface area contributed by atoms with Crippen LogP contribution >= 0.6 is 0 Å². The lowest BCUT2D eigenvalue weighted by atomic mass is 9.87. The molecule has 0 aromatic heterocycles. The minimum Gasteiger partial charge on any atom is -0.397 e. The molecule has 0 amide bonds. The first-order valence-corrected chi connectivity index (χ1v) is 66.9. The summed E-state index contributed by atoms with van der Waals surface area (Å²) in [5, 5.41) is 0. The number of hydrogen-bond acceptors (Lipinski definition) is 4. The summed E-state index contributed by atoms with van der Waals surface area (Å²) in [6, 6.07) is 2.04. The number of nitrogen functional groups attached to an aromatic ring is 2. The monoisotopic (exact) mass is 1530 g/mol. The van der Waals surface area contributed by atoms with Crippen molar-refractivity contribution in [2.45, 2.75) is 38.0 Å². The first-order valence-electron chi connectivity index (χ1n) is 12.2. The number of aryl methyl sites for hydroxylation is 1. The fourth-order valence-corrected chi connectivity index (χ4v) is 108. The highest BCUT2D eigenvalue weighted by atomic mass is 33.5. The molecule has 326 valence electrons. The third-order valence-electron chi connectivity index (χ3n) is 5.02. The van der Waals surface area contributed by atoms with Gasteiger partial charge in [0.15, 0.2) is 0 Å². The van der Waals surface area contributed by atoms with Crippen molar-refractivity contribution < 1.29 is 0 Å². The summed E-state index contributed by atoms with van der Waals surface area (Å²) < 4.78 is 0. The first-order chi connectivity index (χ1) is 27.6. The van der Waals surface area contributed by atoms with Crippen molar-refractivity contribution in [3.8, 4) is 0 Å². The molecule has 2 nitrogen and oxygen atoms in total. The van der Waals surface area contributed by atoms with Gasteiger partial charge in [0.05, 0.1) is 11.4 Å². The van der Waals surface area contributed by atoms with Gasteiger partial charge in [0, 0.05) is 378 Å². The summed E-state index contributed by atoms with van der Waals surface area (Å²) in [5.74, 6) is 1.48. The van der Waals surface area contributed by atoms with Crippen LogP contribution in [0, 0.1) is 6.92 Å². The molecule has 0 aliphatic heterocycles. The Morgan fingerprint density at radius 3 is 0.821 bits per heavy atom. The van der Waals surface area contributed by atoms with Gasteiger partial charge in [-0.25, -0.2) is 0 Å². The van der Waals surface area contributed by atoms with Gasteiger partial charge in [0.1, 0.15) is 0 Å². The van der Waals surface area contributed by atoms with Crippen molar-refractivity contribution in [1.29, 1.82) is 0 Å². The number of rotatable bonds is 0. The Balaban J connectivity index is 0.000000629. The lowest BCUT2D eigenvalue weighted by Gasteiger charge is -2.20. The van der Waals surface area contributed by atoms with E-state index in [1.165, 1.54) is 53.7 Å². The van der Waals surface area contributed by atoms with Crippen LogP contribution in [0.2, 0.25) is 0 Å². The molecule has 1 fully saturated rings. The average molecular weight is 1540 g/mol. The van der Waals surface area contributed by atoms with Gasteiger partial charge < -0.3 is 11.5 Å². The molecule has 1 saturated carbocycles. The maximum Gasteiger partial charge on any atom is 0.0586 e. The zero-order valence-corrected chi connectivity index (χ0v) is 59.9. The van der Waals surface area contributed by atoms with E-state index in [-0.39, 0.29) is 0 Å². The second-order valence-electron chi connectivity index (χ2n) is 7.45. The van der Waals surface area contributed by atoms with Crippen molar-refractivity contribution in [3.05, 3.63) is 22.8 Å². The molecule has 3 rings (SSSR count). The fraction of sp³-hybridized carbons (Fsp3) is 0.500. The SMILES string of the molecule is Cc1cc(N)c(N)c2c1C1CCC2C1.S=S=S=S=S=S=S=S=S=S=S=S=S=S=S=S=S=S=S=S=S=S=S=S=S=S=S=S=S=S=S=S=S=S=S=S=S=S=S=S=S=S. The summed E-state index contributed by atoms with van der Waals surface area (Å²) in [6.45, 7) is 2.16. The highest BCUT2D eigenvalue weighted by molar-refractivity contribution is 8.81. The molecule has 44 heteroatoms. The van der Waals surface area contributed by atoms with Crippen LogP contribution in [-0.4, -0.2) is 0 Å². The van der Waals surface area contributed by atoms with Gasteiger partial charge in [-0.05, 0) is 60.8 Å². The van der Waals surface area contributed by atoms with Gasteiger partial charge in [0.2, 0.25) is 0 Å². The minimum atomic E-state index is 0.706. The van der Waals surface area contributed by atoms with E-state index < -0.39 is 0 Å². The van der Waals surface area contributed by atoms with Crippen molar-refractivity contribution in [1.82, 2.24) is 0 Å². The predicted molar refractivity (Wildman–Crippen MR) is 369 cm³/mol. The molecular formula is C12H16N2S42. The highest BCUT2D eigenvalue weighted by Crippen LogP contribution is 2.56. The number of benzene rings is 1. The smallest absolute Gasteiger partial charge is 0.0586 e. The summed E-state index contributed by atoms with van der Waals surface area (Å²) in [6.07, 6.45) is 3.97. The molecule has 0 heterocycles. The molecule has 1 aromatic carbocycles. The van der Waals surface area contributed by atoms with Crippen LogP contribution in [0.15, 0.2) is 6.07 Å². The highest BCUT2D eigenvalue weighted by Gasteiger charge is 2.39. The van der Waals surface area contributed by atoms with Crippen molar-refractivity contribution >= 4 is 389 Å². The van der Waals surface area contributed by atoms with Gasteiger partial charge in [-0.2, -0.15) is 0 Å². The Kier molecular flexibility index (Phi) is 48.9. The zero-order valence-electron chi connectivity index (χ0n) is 25.7. The van der Waals surface area contributed by atoms with Gasteiger partial charge in [-0.1, -0.05) is 0 Å². The third-order valence-corrected chi connectivity index (χ3v) is 91.7. The predicted octanol–water partition coefficient (Wildman–Crippen LogP) is 2.42. The lowest BCUT2D eigenvalue weighted by Crippen LogP contribution is -2.07. The summed E-state index contributed by atoms with van der Waals surface area (Å²) >= 11 is 9.61. The molecule has 2 unspecified atom stereocenters. The van der Waals surface area contributed by atoms with Crippen LogP contribution in [0.1, 0.15) is 47.8 Å². The Labute approximate surface area is 449 Å².